The van der Waals surface area contributed by atoms with Crippen molar-refractivity contribution in [2.75, 3.05) is 13.1 Å². The Kier molecular flexibility index (Phi) is 3.78. The van der Waals surface area contributed by atoms with Crippen molar-refractivity contribution in [3.63, 3.8) is 0 Å². The molecular weight excluding hydrogens is 270 g/mol. The van der Waals surface area contributed by atoms with Gasteiger partial charge >= 0.3 is 0 Å². The number of carbonyl (C=O) groups is 1. The lowest BCUT2D eigenvalue weighted by atomic mass is 10.1. The molecule has 1 saturated heterocycles. The van der Waals surface area contributed by atoms with Gasteiger partial charge in [0.05, 0.1) is 6.42 Å². The molecule has 1 fully saturated rings. The van der Waals surface area contributed by atoms with E-state index in [0.717, 1.165) is 36.6 Å². The SMILES string of the molecule is Cc1ccnc([C@@H]2CCN(C(=O)Cc3ccsc3)C2)n1. The standard InChI is InChI=1S/C15H17N3OS/c1-11-2-5-16-15(17-11)13-3-6-18(9-13)14(19)8-12-4-7-20-10-12/h2,4-5,7,10,13H,3,6,8-9H2,1H3/t13-/m1/s1. The minimum Gasteiger partial charge on any atom is -0.342 e. The average molecular weight is 287 g/mol. The molecule has 0 saturated carbocycles. The third kappa shape index (κ3) is 2.88. The zero-order chi connectivity index (χ0) is 13.9. The molecule has 1 aliphatic heterocycles. The van der Waals surface area contributed by atoms with Crippen LogP contribution in [0.3, 0.4) is 0 Å². The lowest BCUT2D eigenvalue weighted by molar-refractivity contribution is -0.129. The van der Waals surface area contributed by atoms with Crippen LogP contribution in [0.4, 0.5) is 0 Å². The summed E-state index contributed by atoms with van der Waals surface area (Å²) < 4.78 is 0. The summed E-state index contributed by atoms with van der Waals surface area (Å²) in [5.74, 6) is 1.36. The zero-order valence-corrected chi connectivity index (χ0v) is 12.3. The van der Waals surface area contributed by atoms with Gasteiger partial charge in [0.1, 0.15) is 5.82 Å². The van der Waals surface area contributed by atoms with E-state index in [9.17, 15) is 4.79 Å². The van der Waals surface area contributed by atoms with Crippen molar-refractivity contribution in [1.29, 1.82) is 0 Å². The molecule has 0 aromatic carbocycles. The summed E-state index contributed by atoms with van der Waals surface area (Å²) in [5, 5.41) is 4.05. The molecule has 0 N–H and O–H groups in total. The van der Waals surface area contributed by atoms with E-state index in [4.69, 9.17) is 0 Å². The summed E-state index contributed by atoms with van der Waals surface area (Å²) in [6, 6.07) is 3.91. The van der Waals surface area contributed by atoms with Gasteiger partial charge in [-0.15, -0.1) is 0 Å². The van der Waals surface area contributed by atoms with Gasteiger partial charge in [-0.2, -0.15) is 11.3 Å². The highest BCUT2D eigenvalue weighted by molar-refractivity contribution is 7.07. The van der Waals surface area contributed by atoms with Crippen LogP contribution in [0.25, 0.3) is 0 Å². The van der Waals surface area contributed by atoms with Gasteiger partial charge in [0.15, 0.2) is 0 Å². The van der Waals surface area contributed by atoms with Crippen LogP contribution in [0.5, 0.6) is 0 Å². The van der Waals surface area contributed by atoms with Crippen LogP contribution in [0, 0.1) is 6.92 Å². The van der Waals surface area contributed by atoms with Crippen molar-refractivity contribution in [3.8, 4) is 0 Å². The van der Waals surface area contributed by atoms with Crippen molar-refractivity contribution in [3.05, 3.63) is 46.2 Å². The molecule has 1 aliphatic rings. The summed E-state index contributed by atoms with van der Waals surface area (Å²) >= 11 is 1.63. The number of nitrogens with zero attached hydrogens (tertiary/aromatic N) is 3. The molecule has 3 rings (SSSR count). The van der Waals surface area contributed by atoms with E-state index < -0.39 is 0 Å². The summed E-state index contributed by atoms with van der Waals surface area (Å²) in [4.78, 5) is 23.0. The molecular formula is C15H17N3OS. The van der Waals surface area contributed by atoms with E-state index in [1.165, 1.54) is 0 Å². The first kappa shape index (κ1) is 13.2. The fraction of sp³-hybridized carbons (Fsp3) is 0.400. The molecule has 0 unspecified atom stereocenters. The highest BCUT2D eigenvalue weighted by atomic mass is 32.1. The van der Waals surface area contributed by atoms with E-state index in [2.05, 4.69) is 9.97 Å². The number of thiophene rings is 1. The largest absolute Gasteiger partial charge is 0.342 e. The topological polar surface area (TPSA) is 46.1 Å². The molecule has 1 amide bonds. The fourth-order valence-corrected chi connectivity index (χ4v) is 3.21. The lowest BCUT2D eigenvalue weighted by Gasteiger charge is -2.16. The van der Waals surface area contributed by atoms with Crippen LogP contribution in [-0.4, -0.2) is 33.9 Å². The van der Waals surface area contributed by atoms with Crippen LogP contribution in [0.1, 0.15) is 29.4 Å². The fourth-order valence-electron chi connectivity index (χ4n) is 2.54. The van der Waals surface area contributed by atoms with E-state index >= 15 is 0 Å². The second-order valence-corrected chi connectivity index (χ2v) is 5.97. The number of carbonyl (C=O) groups excluding carboxylic acids is 1. The molecule has 5 heteroatoms. The van der Waals surface area contributed by atoms with Crippen molar-refractivity contribution >= 4 is 17.2 Å². The van der Waals surface area contributed by atoms with Gasteiger partial charge in [0, 0.05) is 30.9 Å². The van der Waals surface area contributed by atoms with Crippen molar-refractivity contribution in [2.45, 2.75) is 25.7 Å². The van der Waals surface area contributed by atoms with Crippen LogP contribution in [0.15, 0.2) is 29.1 Å². The summed E-state index contributed by atoms with van der Waals surface area (Å²) in [7, 11) is 0. The summed E-state index contributed by atoms with van der Waals surface area (Å²) in [5.41, 5.74) is 2.09. The maximum Gasteiger partial charge on any atom is 0.227 e. The number of amides is 1. The van der Waals surface area contributed by atoms with E-state index in [1.54, 1.807) is 17.5 Å². The second-order valence-electron chi connectivity index (χ2n) is 5.19. The van der Waals surface area contributed by atoms with Crippen LogP contribution in [-0.2, 0) is 11.2 Å². The Morgan fingerprint density at radius 2 is 2.40 bits per heavy atom. The van der Waals surface area contributed by atoms with Gasteiger partial charge < -0.3 is 4.90 Å². The molecule has 0 bridgehead atoms. The third-order valence-corrected chi connectivity index (χ3v) is 4.39. The molecule has 2 aromatic rings. The number of aryl methyl sites for hydroxylation is 1. The molecule has 0 radical (unpaired) electrons. The Morgan fingerprint density at radius 1 is 1.50 bits per heavy atom. The van der Waals surface area contributed by atoms with Gasteiger partial charge in [-0.3, -0.25) is 4.79 Å². The van der Waals surface area contributed by atoms with Gasteiger partial charge in [0.25, 0.3) is 0 Å². The lowest BCUT2D eigenvalue weighted by Crippen LogP contribution is -2.29. The first-order valence-corrected chi connectivity index (χ1v) is 7.75. The maximum absolute atomic E-state index is 12.2. The first-order chi connectivity index (χ1) is 9.72. The second kappa shape index (κ2) is 5.71. The highest BCUT2D eigenvalue weighted by Crippen LogP contribution is 2.25. The molecule has 4 nitrogen and oxygen atoms in total. The minimum atomic E-state index is 0.207. The van der Waals surface area contributed by atoms with Crippen molar-refractivity contribution in [1.82, 2.24) is 14.9 Å². The molecule has 2 aromatic heterocycles. The summed E-state index contributed by atoms with van der Waals surface area (Å²) in [6.07, 6.45) is 3.26. The molecule has 1 atom stereocenters. The number of hydrogen-bond acceptors (Lipinski definition) is 4. The Balaban J connectivity index is 1.63. The smallest absolute Gasteiger partial charge is 0.227 e. The van der Waals surface area contributed by atoms with Crippen LogP contribution >= 0.6 is 11.3 Å². The summed E-state index contributed by atoms with van der Waals surface area (Å²) in [6.45, 7) is 3.52. The van der Waals surface area contributed by atoms with E-state index in [-0.39, 0.29) is 11.8 Å². The van der Waals surface area contributed by atoms with Gasteiger partial charge in [-0.25, -0.2) is 9.97 Å². The maximum atomic E-state index is 12.2. The van der Waals surface area contributed by atoms with Gasteiger partial charge in [0.2, 0.25) is 5.91 Å². The molecule has 104 valence electrons. The first-order valence-electron chi connectivity index (χ1n) is 6.81. The van der Waals surface area contributed by atoms with Crippen LogP contribution < -0.4 is 0 Å². The average Bonchev–Trinajstić information content (AvgIpc) is 3.09. The molecule has 0 spiro atoms. The molecule has 0 aliphatic carbocycles. The number of aromatic nitrogens is 2. The van der Waals surface area contributed by atoms with Gasteiger partial charge in [-0.05, 0) is 41.8 Å². The van der Waals surface area contributed by atoms with Crippen molar-refractivity contribution < 1.29 is 4.79 Å². The number of rotatable bonds is 3. The quantitative estimate of drug-likeness (QED) is 0.871. The van der Waals surface area contributed by atoms with Crippen molar-refractivity contribution in [2.24, 2.45) is 0 Å². The predicted octanol–water partition coefficient (Wildman–Crippen LogP) is 2.41. The Hall–Kier alpha value is -1.75. The molecule has 3 heterocycles. The Morgan fingerprint density at radius 3 is 3.15 bits per heavy atom. The van der Waals surface area contributed by atoms with E-state index in [0.29, 0.717) is 6.42 Å². The number of likely N-dealkylation sites (tertiary alicyclic amines) is 1. The Bertz CT molecular complexity index is 597. The van der Waals surface area contributed by atoms with Gasteiger partial charge in [-0.1, -0.05) is 0 Å². The normalized spacial score (nSPS) is 18.4. The monoisotopic (exact) mass is 287 g/mol. The predicted molar refractivity (Wildman–Crippen MR) is 78.7 cm³/mol. The Labute approximate surface area is 122 Å². The van der Waals surface area contributed by atoms with Crippen LogP contribution in [0.2, 0.25) is 0 Å². The van der Waals surface area contributed by atoms with E-state index in [1.807, 2.05) is 34.7 Å². The highest BCUT2D eigenvalue weighted by Gasteiger charge is 2.28. The molecule has 20 heavy (non-hydrogen) atoms. The third-order valence-electron chi connectivity index (χ3n) is 3.66. The minimum absolute atomic E-state index is 0.207. The zero-order valence-electron chi connectivity index (χ0n) is 11.5. The number of hydrogen-bond donors (Lipinski definition) is 0.